The summed E-state index contributed by atoms with van der Waals surface area (Å²) in [6, 6.07) is 11.3. The van der Waals surface area contributed by atoms with Crippen molar-refractivity contribution in [3.8, 4) is 5.75 Å². The van der Waals surface area contributed by atoms with Crippen LogP contribution in [0.15, 0.2) is 36.4 Å². The van der Waals surface area contributed by atoms with Gasteiger partial charge in [-0.25, -0.2) is 9.59 Å². The van der Waals surface area contributed by atoms with Gasteiger partial charge >= 0.3 is 12.1 Å². The number of methoxy groups -OCH3 is 1. The molecule has 0 saturated carbocycles. The number of carbonyl (C=O) groups excluding carboxylic acids is 2. The summed E-state index contributed by atoms with van der Waals surface area (Å²) in [6.07, 6.45) is 0.116. The second-order valence-electron chi connectivity index (χ2n) is 6.82. The van der Waals surface area contributed by atoms with E-state index >= 15 is 0 Å². The Hall–Kier alpha value is -2.76. The minimum atomic E-state index is -0.527. The van der Waals surface area contributed by atoms with E-state index in [-0.39, 0.29) is 0 Å². The molecule has 6 nitrogen and oxygen atoms in total. The summed E-state index contributed by atoms with van der Waals surface area (Å²) in [4.78, 5) is 23.6. The van der Waals surface area contributed by atoms with Crippen LogP contribution in [0, 0.1) is 0 Å². The molecule has 0 radical (unpaired) electrons. The highest BCUT2D eigenvalue weighted by atomic mass is 16.6. The van der Waals surface area contributed by atoms with E-state index < -0.39 is 17.7 Å². The van der Waals surface area contributed by atoms with Gasteiger partial charge in [0.1, 0.15) is 16.9 Å². The molecule has 140 valence electrons. The number of fused-ring (bicyclic) bond motifs is 1. The number of nitrogens with one attached hydrogen (secondary N) is 1. The lowest BCUT2D eigenvalue weighted by molar-refractivity contribution is 0.0525. The summed E-state index contributed by atoms with van der Waals surface area (Å²) in [5, 5.41) is 4.58. The maximum absolute atomic E-state index is 12.0. The highest BCUT2D eigenvalue weighted by Crippen LogP contribution is 2.27. The maximum atomic E-state index is 12.0. The van der Waals surface area contributed by atoms with Crippen LogP contribution in [0.2, 0.25) is 0 Å². The fourth-order valence-electron chi connectivity index (χ4n) is 2.37. The van der Waals surface area contributed by atoms with E-state index in [0.29, 0.717) is 30.9 Å². The molecule has 0 bridgehead atoms. The monoisotopic (exact) mass is 359 g/mol. The Morgan fingerprint density at radius 2 is 1.73 bits per heavy atom. The first kappa shape index (κ1) is 19.6. The van der Waals surface area contributed by atoms with Crippen molar-refractivity contribution in [2.24, 2.45) is 0 Å². The van der Waals surface area contributed by atoms with Gasteiger partial charge in [-0.2, -0.15) is 0 Å². The molecule has 0 atom stereocenters. The van der Waals surface area contributed by atoms with Gasteiger partial charge in [-0.1, -0.05) is 24.3 Å². The molecule has 0 spiro atoms. The van der Waals surface area contributed by atoms with Crippen molar-refractivity contribution in [1.82, 2.24) is 5.32 Å². The number of amides is 1. The Kier molecular flexibility index (Phi) is 6.44. The van der Waals surface area contributed by atoms with Gasteiger partial charge in [0.05, 0.1) is 13.7 Å². The molecular formula is C20H25NO5. The fourth-order valence-corrected chi connectivity index (χ4v) is 2.37. The highest BCUT2D eigenvalue weighted by molar-refractivity contribution is 5.98. The molecule has 0 saturated heterocycles. The molecule has 1 N–H and O–H groups in total. The van der Waals surface area contributed by atoms with Gasteiger partial charge in [0, 0.05) is 6.54 Å². The van der Waals surface area contributed by atoms with Gasteiger partial charge in [-0.3, -0.25) is 0 Å². The molecule has 1 amide bonds. The lowest BCUT2D eigenvalue weighted by Crippen LogP contribution is -2.33. The fraction of sp³-hybridized carbons (Fsp3) is 0.400. The molecule has 26 heavy (non-hydrogen) atoms. The van der Waals surface area contributed by atoms with Crippen LogP contribution in [0.25, 0.3) is 10.8 Å². The van der Waals surface area contributed by atoms with E-state index in [9.17, 15) is 9.59 Å². The average molecular weight is 359 g/mol. The zero-order chi connectivity index (χ0) is 19.2. The van der Waals surface area contributed by atoms with Gasteiger partial charge < -0.3 is 19.5 Å². The standard InChI is InChI=1S/C20H25NO5/c1-20(2,3)26-19(23)21-10-7-11-25-17-13-15-9-6-5-8-14(15)12-16(17)18(22)24-4/h5-6,8-9,12-13H,7,10-11H2,1-4H3,(H,21,23). The lowest BCUT2D eigenvalue weighted by Gasteiger charge is -2.19. The first-order valence-corrected chi connectivity index (χ1v) is 8.51. The molecule has 0 aliphatic rings. The van der Waals surface area contributed by atoms with Crippen LogP contribution < -0.4 is 10.1 Å². The van der Waals surface area contributed by atoms with Crippen molar-refractivity contribution in [3.05, 3.63) is 42.0 Å². The molecular weight excluding hydrogens is 334 g/mol. The van der Waals surface area contributed by atoms with Crippen molar-refractivity contribution in [3.63, 3.8) is 0 Å². The summed E-state index contributed by atoms with van der Waals surface area (Å²) in [5.41, 5.74) is -0.146. The van der Waals surface area contributed by atoms with Crippen molar-refractivity contribution < 1.29 is 23.8 Å². The molecule has 0 aromatic heterocycles. The number of ether oxygens (including phenoxy) is 3. The maximum Gasteiger partial charge on any atom is 0.407 e. The predicted octanol–water partition coefficient (Wildman–Crippen LogP) is 3.92. The molecule has 0 heterocycles. The van der Waals surface area contributed by atoms with E-state index in [1.807, 2.05) is 51.1 Å². The van der Waals surface area contributed by atoms with Crippen molar-refractivity contribution in [1.29, 1.82) is 0 Å². The van der Waals surface area contributed by atoms with Gasteiger partial charge in [0.2, 0.25) is 0 Å². The second kappa shape index (κ2) is 8.56. The Labute approximate surface area is 153 Å². The van der Waals surface area contributed by atoms with E-state index in [4.69, 9.17) is 14.2 Å². The number of hydrogen-bond acceptors (Lipinski definition) is 5. The van der Waals surface area contributed by atoms with Gasteiger partial charge in [0.15, 0.2) is 0 Å². The molecule has 0 fully saturated rings. The van der Waals surface area contributed by atoms with Crippen LogP contribution >= 0.6 is 0 Å². The molecule has 2 rings (SSSR count). The summed E-state index contributed by atoms with van der Waals surface area (Å²) in [6.45, 7) is 6.19. The Morgan fingerprint density at radius 3 is 2.35 bits per heavy atom. The highest BCUT2D eigenvalue weighted by Gasteiger charge is 2.16. The number of esters is 1. The second-order valence-corrected chi connectivity index (χ2v) is 6.82. The van der Waals surface area contributed by atoms with Gasteiger partial charge in [-0.05, 0) is 50.1 Å². The Bertz CT molecular complexity index is 779. The first-order valence-electron chi connectivity index (χ1n) is 8.51. The minimum absolute atomic E-state index is 0.345. The van der Waals surface area contributed by atoms with Crippen molar-refractivity contribution in [2.75, 3.05) is 20.3 Å². The summed E-state index contributed by atoms with van der Waals surface area (Å²) in [5.74, 6) is 0.0189. The Morgan fingerprint density at radius 1 is 1.08 bits per heavy atom. The quantitative estimate of drug-likeness (QED) is 0.625. The van der Waals surface area contributed by atoms with Crippen LogP contribution in [0.5, 0.6) is 5.75 Å². The van der Waals surface area contributed by atoms with Crippen LogP contribution in [0.4, 0.5) is 4.79 Å². The molecule has 2 aromatic carbocycles. The third kappa shape index (κ3) is 5.65. The van der Waals surface area contributed by atoms with E-state index in [0.717, 1.165) is 10.8 Å². The minimum Gasteiger partial charge on any atom is -0.493 e. The van der Waals surface area contributed by atoms with Gasteiger partial charge in [0.25, 0.3) is 0 Å². The molecule has 0 aliphatic heterocycles. The summed E-state index contributed by atoms with van der Waals surface area (Å²) < 4.78 is 15.8. The number of rotatable bonds is 6. The lowest BCUT2D eigenvalue weighted by atomic mass is 10.1. The SMILES string of the molecule is COC(=O)c1cc2ccccc2cc1OCCCNC(=O)OC(C)(C)C. The van der Waals surface area contributed by atoms with Crippen LogP contribution in [0.3, 0.4) is 0 Å². The number of carbonyl (C=O) groups is 2. The van der Waals surface area contributed by atoms with Crippen LogP contribution in [0.1, 0.15) is 37.6 Å². The topological polar surface area (TPSA) is 73.9 Å². The number of benzene rings is 2. The third-order valence-corrected chi connectivity index (χ3v) is 3.50. The zero-order valence-corrected chi connectivity index (χ0v) is 15.6. The van der Waals surface area contributed by atoms with Crippen molar-refractivity contribution >= 4 is 22.8 Å². The van der Waals surface area contributed by atoms with Crippen LogP contribution in [-0.4, -0.2) is 37.9 Å². The summed E-state index contributed by atoms with van der Waals surface area (Å²) >= 11 is 0. The van der Waals surface area contributed by atoms with E-state index in [2.05, 4.69) is 5.32 Å². The molecule has 2 aromatic rings. The van der Waals surface area contributed by atoms with E-state index in [1.54, 1.807) is 6.07 Å². The average Bonchev–Trinajstić information content (AvgIpc) is 2.58. The summed E-state index contributed by atoms with van der Waals surface area (Å²) in [7, 11) is 1.34. The molecule has 0 aliphatic carbocycles. The van der Waals surface area contributed by atoms with Gasteiger partial charge in [-0.15, -0.1) is 0 Å². The third-order valence-electron chi connectivity index (χ3n) is 3.50. The first-order chi connectivity index (χ1) is 12.3. The van der Waals surface area contributed by atoms with Crippen molar-refractivity contribution in [2.45, 2.75) is 32.8 Å². The van der Waals surface area contributed by atoms with E-state index in [1.165, 1.54) is 7.11 Å². The smallest absolute Gasteiger partial charge is 0.407 e. The predicted molar refractivity (Wildman–Crippen MR) is 99.6 cm³/mol. The van der Waals surface area contributed by atoms with Crippen LogP contribution in [-0.2, 0) is 9.47 Å². The number of alkyl carbamates (subject to hydrolysis) is 1. The zero-order valence-electron chi connectivity index (χ0n) is 15.6. The number of hydrogen-bond donors (Lipinski definition) is 1. The normalized spacial score (nSPS) is 11.1. The Balaban J connectivity index is 1.95. The molecule has 6 heteroatoms. The molecule has 0 unspecified atom stereocenters. The largest absolute Gasteiger partial charge is 0.493 e.